The van der Waals surface area contributed by atoms with Crippen molar-refractivity contribution in [2.45, 2.75) is 0 Å². The Bertz CT molecular complexity index is 217. The fraction of sp³-hybridized carbons (Fsp3) is 0.500. The maximum absolute atomic E-state index is 3.60. The Balaban J connectivity index is 0.000000810. The topological polar surface area (TPSA) is 55.4 Å². The van der Waals surface area contributed by atoms with E-state index in [2.05, 4.69) is 26.7 Å². The number of nitrogens with zero attached hydrogens (tertiary/aromatic N) is 5. The van der Waals surface area contributed by atoms with Crippen LogP contribution in [0.1, 0.15) is 0 Å². The van der Waals surface area contributed by atoms with Gasteiger partial charge in [-0.25, -0.2) is 0 Å². The molecule has 6 heteroatoms. The minimum atomic E-state index is 0. The van der Waals surface area contributed by atoms with Crippen molar-refractivity contribution in [3.05, 3.63) is 6.20 Å². The van der Waals surface area contributed by atoms with Gasteiger partial charge in [-0.1, -0.05) is 0 Å². The van der Waals surface area contributed by atoms with Gasteiger partial charge in [0.1, 0.15) is 0 Å². The molecule has 0 amide bonds. The fourth-order valence-corrected chi connectivity index (χ4v) is 0.436. The summed E-state index contributed by atoms with van der Waals surface area (Å²) in [5.41, 5.74) is 0. The fourth-order valence-electron chi connectivity index (χ4n) is 0.436. The van der Waals surface area contributed by atoms with Gasteiger partial charge in [-0.3, -0.25) is 0 Å². The van der Waals surface area contributed by atoms with Crippen LogP contribution in [-0.2, 0) is 39.8 Å². The van der Waals surface area contributed by atoms with Crippen molar-refractivity contribution in [2.75, 3.05) is 7.05 Å². The third-order valence-corrected chi connectivity index (χ3v) is 0.730. The van der Waals surface area contributed by atoms with E-state index in [-0.39, 0.29) is 32.7 Å². The molecule has 0 N–H and O–H groups in total. The van der Waals surface area contributed by atoms with Crippen LogP contribution in [0.5, 0.6) is 0 Å². The summed E-state index contributed by atoms with van der Waals surface area (Å²) in [4.78, 5) is 0. The number of aromatic nitrogens is 3. The Kier molecular flexibility index (Phi) is 4.56. The zero-order valence-electron chi connectivity index (χ0n) is 5.81. The normalized spacial score (nSPS) is 9.80. The van der Waals surface area contributed by atoms with Gasteiger partial charge < -0.3 is 10.9 Å². The third kappa shape index (κ3) is 2.62. The molecule has 5 nitrogen and oxygen atoms in total. The smallest absolute Gasteiger partial charge is 0.427 e. The van der Waals surface area contributed by atoms with E-state index in [1.807, 2.05) is 0 Å². The second-order valence-electron chi connectivity index (χ2n) is 1.45. The van der Waals surface area contributed by atoms with Crippen molar-refractivity contribution in [2.24, 2.45) is 17.3 Å². The maximum Gasteiger partial charge on any atom is 3.00 e. The Morgan fingerprint density at radius 2 is 2.30 bits per heavy atom. The summed E-state index contributed by atoms with van der Waals surface area (Å²) >= 11 is 0. The zero-order valence-corrected chi connectivity index (χ0v) is 8.65. The number of hydrogen-bond acceptors (Lipinski definition) is 4. The first-order chi connectivity index (χ1) is 4.33. The van der Waals surface area contributed by atoms with Gasteiger partial charge in [0, 0.05) is 12.9 Å². The predicted octanol–water partition coefficient (Wildman–Crippen LogP) is 0.326. The van der Waals surface area contributed by atoms with Crippen molar-refractivity contribution < 1.29 is 32.7 Å². The van der Waals surface area contributed by atoms with Gasteiger partial charge >= 0.3 is 32.7 Å². The van der Waals surface area contributed by atoms with E-state index in [4.69, 9.17) is 0 Å². The summed E-state index contributed by atoms with van der Waals surface area (Å²) in [6.45, 7) is 0. The van der Waals surface area contributed by atoms with Gasteiger partial charge in [-0.05, 0) is 7.05 Å². The quantitative estimate of drug-likeness (QED) is 0.498. The molecule has 0 fully saturated rings. The van der Waals surface area contributed by atoms with Crippen molar-refractivity contribution in [3.8, 4) is 0 Å². The van der Waals surface area contributed by atoms with E-state index >= 15 is 0 Å². The van der Waals surface area contributed by atoms with Crippen molar-refractivity contribution in [3.63, 3.8) is 0 Å². The molecule has 1 heterocycles. The standard InChI is InChI=1S/C4H6N5.Y/c1-5-6-4-3-9(2)8-7-4;/h1-2H3;/q-1;+3. The van der Waals surface area contributed by atoms with E-state index < -0.39 is 0 Å². The van der Waals surface area contributed by atoms with Crippen LogP contribution >= 0.6 is 0 Å². The minimum Gasteiger partial charge on any atom is -0.427 e. The molecular formula is C4H6N5Y+2. The summed E-state index contributed by atoms with van der Waals surface area (Å²) in [7, 11) is 3.30. The molecule has 0 saturated carbocycles. The zero-order chi connectivity index (χ0) is 6.69. The first-order valence-corrected chi connectivity index (χ1v) is 2.42. The van der Waals surface area contributed by atoms with Crippen LogP contribution in [0.2, 0.25) is 0 Å². The van der Waals surface area contributed by atoms with Crippen LogP contribution in [0.25, 0.3) is 0 Å². The molecule has 0 unspecified atom stereocenters. The Hall–Kier alpha value is -0.156. The van der Waals surface area contributed by atoms with Crippen LogP contribution in [0.15, 0.2) is 10.2 Å². The molecule has 0 aromatic carbocycles. The van der Waals surface area contributed by atoms with Crippen LogP contribution in [0, 0.1) is 6.20 Å². The van der Waals surface area contributed by atoms with Crippen molar-refractivity contribution in [1.29, 1.82) is 0 Å². The van der Waals surface area contributed by atoms with Gasteiger partial charge in [0.2, 0.25) is 0 Å². The molecule has 0 aliphatic carbocycles. The van der Waals surface area contributed by atoms with Gasteiger partial charge in [-0.2, -0.15) is 15.3 Å². The van der Waals surface area contributed by atoms with Gasteiger partial charge in [0.05, 0.1) is 0 Å². The Morgan fingerprint density at radius 1 is 1.60 bits per heavy atom. The summed E-state index contributed by atoms with van der Waals surface area (Å²) < 4.78 is 1.45. The molecule has 0 saturated heterocycles. The molecule has 0 bridgehead atoms. The van der Waals surface area contributed by atoms with Crippen molar-refractivity contribution >= 4 is 5.82 Å². The van der Waals surface area contributed by atoms with Crippen LogP contribution < -0.4 is 0 Å². The average Bonchev–Trinajstić information content (AvgIpc) is 2.17. The molecule has 1 rings (SSSR count). The molecule has 1 aromatic heterocycles. The molecule has 0 radical (unpaired) electrons. The van der Waals surface area contributed by atoms with Gasteiger partial charge in [0.25, 0.3) is 0 Å². The Morgan fingerprint density at radius 3 is 2.70 bits per heavy atom. The summed E-state index contributed by atoms with van der Waals surface area (Å²) in [6.07, 6.45) is 2.71. The molecule has 0 atom stereocenters. The van der Waals surface area contributed by atoms with E-state index in [0.29, 0.717) is 5.82 Å². The molecule has 48 valence electrons. The largest absolute Gasteiger partial charge is 3.00 e. The number of aryl methyl sites for hydroxylation is 1. The molecular weight excluding hydrogens is 207 g/mol. The molecule has 0 aliphatic rings. The molecule has 0 aliphatic heterocycles. The summed E-state index contributed by atoms with van der Waals surface area (Å²) in [5.74, 6) is 0.417. The average molecular weight is 213 g/mol. The second-order valence-corrected chi connectivity index (χ2v) is 1.45. The molecule has 1 aromatic rings. The van der Waals surface area contributed by atoms with E-state index in [1.165, 1.54) is 4.68 Å². The first-order valence-electron chi connectivity index (χ1n) is 2.42. The monoisotopic (exact) mass is 213 g/mol. The third-order valence-electron chi connectivity index (χ3n) is 0.730. The van der Waals surface area contributed by atoms with E-state index in [1.54, 1.807) is 14.1 Å². The number of azo groups is 1. The minimum absolute atomic E-state index is 0. The van der Waals surface area contributed by atoms with Crippen LogP contribution in [0.4, 0.5) is 5.82 Å². The van der Waals surface area contributed by atoms with E-state index in [9.17, 15) is 0 Å². The molecule has 10 heavy (non-hydrogen) atoms. The number of rotatable bonds is 1. The van der Waals surface area contributed by atoms with Crippen LogP contribution in [0.3, 0.4) is 0 Å². The summed E-state index contributed by atoms with van der Waals surface area (Å²) in [5, 5.41) is 14.3. The summed E-state index contributed by atoms with van der Waals surface area (Å²) in [6, 6.07) is 0. The first kappa shape index (κ1) is 9.84. The SMILES string of the molecule is CN=Nc1[c-]n(C)nn1.[Y+3]. The van der Waals surface area contributed by atoms with E-state index in [0.717, 1.165) is 0 Å². The molecule has 0 spiro atoms. The second kappa shape index (κ2) is 4.63. The maximum atomic E-state index is 3.60. The Labute approximate surface area is 83.8 Å². The predicted molar refractivity (Wildman–Crippen MR) is 30.3 cm³/mol. The number of hydrogen-bond donors (Lipinski definition) is 0. The van der Waals surface area contributed by atoms with Gasteiger partial charge in [-0.15, -0.1) is 5.21 Å². The van der Waals surface area contributed by atoms with Gasteiger partial charge in [0.15, 0.2) is 0 Å². The van der Waals surface area contributed by atoms with Crippen LogP contribution in [-0.4, -0.2) is 22.0 Å². The van der Waals surface area contributed by atoms with Crippen molar-refractivity contribution in [1.82, 2.24) is 15.0 Å².